The monoisotopic (exact) mass is 298 g/mol. The van der Waals surface area contributed by atoms with E-state index in [-0.39, 0.29) is 5.56 Å². The van der Waals surface area contributed by atoms with Crippen LogP contribution in [0.25, 0.3) is 0 Å². The van der Waals surface area contributed by atoms with E-state index in [1.54, 1.807) is 17.1 Å². The Kier molecular flexibility index (Phi) is 3.86. The minimum atomic E-state index is -0.244. The molecule has 2 N–H and O–H groups in total. The summed E-state index contributed by atoms with van der Waals surface area (Å²) in [4.78, 5) is 11.2. The van der Waals surface area contributed by atoms with E-state index in [1.165, 1.54) is 0 Å². The van der Waals surface area contributed by atoms with Crippen LogP contribution in [-0.2, 0) is 6.54 Å². The summed E-state index contributed by atoms with van der Waals surface area (Å²) in [6.45, 7) is 1.50. The molecule has 0 aliphatic heterocycles. The lowest BCUT2D eigenvalue weighted by atomic mass is 10.4. The number of aryl methyl sites for hydroxylation is 1. The van der Waals surface area contributed by atoms with Gasteiger partial charge >= 0.3 is 0 Å². The number of rotatable bonds is 5. The minimum Gasteiger partial charge on any atom is -0.383 e. The molecular weight excluding hydrogens is 288 g/mol. The van der Waals surface area contributed by atoms with Crippen LogP contribution in [0, 0.1) is 0 Å². The zero-order valence-corrected chi connectivity index (χ0v) is 10.5. The topological polar surface area (TPSA) is 88.5 Å². The maximum absolute atomic E-state index is 11.2. The van der Waals surface area contributed by atoms with Gasteiger partial charge in [0.25, 0.3) is 5.56 Å². The van der Waals surface area contributed by atoms with Crippen LogP contribution in [0.15, 0.2) is 27.9 Å². The van der Waals surface area contributed by atoms with E-state index in [4.69, 9.17) is 0 Å². The van der Waals surface area contributed by atoms with Crippen molar-refractivity contribution in [2.75, 3.05) is 11.9 Å². The third-order valence-electron chi connectivity index (χ3n) is 2.15. The van der Waals surface area contributed by atoms with E-state index in [1.807, 2.05) is 6.20 Å². The predicted octanol–water partition coefficient (Wildman–Crippen LogP) is 0.626. The molecule has 2 heterocycles. The molecule has 0 aliphatic rings. The van der Waals surface area contributed by atoms with Crippen LogP contribution < -0.4 is 10.9 Å². The molecular formula is C9H11BrN6O. The van der Waals surface area contributed by atoms with Crippen molar-refractivity contribution in [2.45, 2.75) is 13.0 Å². The van der Waals surface area contributed by atoms with Crippen molar-refractivity contribution in [3.8, 4) is 0 Å². The second kappa shape index (κ2) is 5.58. The summed E-state index contributed by atoms with van der Waals surface area (Å²) in [5.74, 6) is 0. The molecule has 0 aliphatic carbocycles. The summed E-state index contributed by atoms with van der Waals surface area (Å²) in [5, 5.41) is 16.7. The largest absolute Gasteiger partial charge is 0.383 e. The number of anilines is 1. The number of nitrogens with zero attached hydrogens (tertiary/aromatic N) is 4. The summed E-state index contributed by atoms with van der Waals surface area (Å²) >= 11 is 3.20. The van der Waals surface area contributed by atoms with E-state index in [9.17, 15) is 4.79 Å². The fourth-order valence-electron chi connectivity index (χ4n) is 1.32. The minimum absolute atomic E-state index is 0.244. The number of hydrogen-bond donors (Lipinski definition) is 2. The van der Waals surface area contributed by atoms with Crippen LogP contribution in [-0.4, -0.2) is 31.7 Å². The molecule has 0 radical (unpaired) electrons. The molecule has 0 amide bonds. The third-order valence-corrected chi connectivity index (χ3v) is 2.93. The van der Waals surface area contributed by atoms with Gasteiger partial charge in [-0.05, 0) is 22.4 Å². The quantitative estimate of drug-likeness (QED) is 0.790. The van der Waals surface area contributed by atoms with E-state index in [0.717, 1.165) is 19.5 Å². The summed E-state index contributed by atoms with van der Waals surface area (Å²) in [5.41, 5.74) is 0.443. The van der Waals surface area contributed by atoms with Gasteiger partial charge in [-0.1, -0.05) is 5.21 Å². The highest BCUT2D eigenvalue weighted by atomic mass is 79.9. The lowest BCUT2D eigenvalue weighted by molar-refractivity contribution is 0.569. The number of nitrogens with one attached hydrogen (secondary N) is 2. The molecule has 90 valence electrons. The Morgan fingerprint density at radius 2 is 2.41 bits per heavy atom. The molecule has 7 nitrogen and oxygen atoms in total. The Hall–Kier alpha value is -1.70. The van der Waals surface area contributed by atoms with Crippen molar-refractivity contribution < 1.29 is 0 Å². The Labute approximate surface area is 105 Å². The SMILES string of the molecule is O=c1[nH]ncc(NCCCn2ccnn2)c1Br. The summed E-state index contributed by atoms with van der Waals surface area (Å²) in [6.07, 6.45) is 5.90. The van der Waals surface area contributed by atoms with Crippen molar-refractivity contribution in [3.63, 3.8) is 0 Å². The first-order valence-corrected chi connectivity index (χ1v) is 5.88. The van der Waals surface area contributed by atoms with Gasteiger partial charge in [0, 0.05) is 19.3 Å². The van der Waals surface area contributed by atoms with Gasteiger partial charge < -0.3 is 5.32 Å². The molecule has 0 bridgehead atoms. The van der Waals surface area contributed by atoms with Crippen LogP contribution in [0.3, 0.4) is 0 Å². The molecule has 0 atom stereocenters. The molecule has 2 rings (SSSR count). The van der Waals surface area contributed by atoms with Gasteiger partial charge in [0.1, 0.15) is 4.47 Å². The molecule has 0 fully saturated rings. The lowest BCUT2D eigenvalue weighted by Gasteiger charge is -2.06. The van der Waals surface area contributed by atoms with Crippen LogP contribution in [0.2, 0.25) is 0 Å². The number of aromatic nitrogens is 5. The zero-order chi connectivity index (χ0) is 12.1. The summed E-state index contributed by atoms with van der Waals surface area (Å²) in [7, 11) is 0. The average molecular weight is 299 g/mol. The molecule has 0 spiro atoms. The van der Waals surface area contributed by atoms with Gasteiger partial charge in [-0.2, -0.15) is 5.10 Å². The number of halogens is 1. The van der Waals surface area contributed by atoms with Crippen LogP contribution >= 0.6 is 15.9 Å². The molecule has 8 heteroatoms. The molecule has 0 unspecified atom stereocenters. The first kappa shape index (κ1) is 11.8. The first-order valence-electron chi connectivity index (χ1n) is 5.08. The standard InChI is InChI=1S/C9H11BrN6O/c10-8-7(6-13-14-9(8)17)11-2-1-4-16-5-3-12-15-16/h3,5-6H,1-2,4H2,(H2,11,14,17). The molecule has 0 aromatic carbocycles. The van der Waals surface area contributed by atoms with E-state index < -0.39 is 0 Å². The average Bonchev–Trinajstić information content (AvgIpc) is 2.83. The van der Waals surface area contributed by atoms with Crippen molar-refractivity contribution in [1.82, 2.24) is 25.2 Å². The fourth-order valence-corrected chi connectivity index (χ4v) is 1.65. The van der Waals surface area contributed by atoms with E-state index in [2.05, 4.69) is 41.8 Å². The summed E-state index contributed by atoms with van der Waals surface area (Å²) < 4.78 is 2.22. The van der Waals surface area contributed by atoms with Crippen molar-refractivity contribution >= 4 is 21.6 Å². The second-order valence-corrected chi connectivity index (χ2v) is 4.17. The molecule has 2 aromatic rings. The predicted molar refractivity (Wildman–Crippen MR) is 65.7 cm³/mol. The van der Waals surface area contributed by atoms with Gasteiger partial charge in [0.2, 0.25) is 0 Å². The van der Waals surface area contributed by atoms with Gasteiger partial charge in [0.15, 0.2) is 0 Å². The Morgan fingerprint density at radius 3 is 3.18 bits per heavy atom. The van der Waals surface area contributed by atoms with Crippen LogP contribution in [0.1, 0.15) is 6.42 Å². The molecule has 0 saturated heterocycles. The third kappa shape index (κ3) is 3.13. The summed E-state index contributed by atoms with van der Waals surface area (Å²) in [6, 6.07) is 0. The van der Waals surface area contributed by atoms with E-state index >= 15 is 0 Å². The van der Waals surface area contributed by atoms with Crippen LogP contribution in [0.5, 0.6) is 0 Å². The van der Waals surface area contributed by atoms with Crippen molar-refractivity contribution in [1.29, 1.82) is 0 Å². The smallest absolute Gasteiger partial charge is 0.280 e. The first-order chi connectivity index (χ1) is 8.27. The highest BCUT2D eigenvalue weighted by molar-refractivity contribution is 9.10. The highest BCUT2D eigenvalue weighted by Crippen LogP contribution is 2.14. The van der Waals surface area contributed by atoms with Crippen LogP contribution in [0.4, 0.5) is 5.69 Å². The molecule has 0 saturated carbocycles. The lowest BCUT2D eigenvalue weighted by Crippen LogP contribution is -2.13. The number of hydrogen-bond acceptors (Lipinski definition) is 5. The highest BCUT2D eigenvalue weighted by Gasteiger charge is 2.02. The van der Waals surface area contributed by atoms with Gasteiger partial charge in [-0.3, -0.25) is 9.48 Å². The zero-order valence-electron chi connectivity index (χ0n) is 8.93. The second-order valence-electron chi connectivity index (χ2n) is 3.37. The fraction of sp³-hybridized carbons (Fsp3) is 0.333. The number of H-pyrrole nitrogens is 1. The van der Waals surface area contributed by atoms with E-state index in [0.29, 0.717) is 10.2 Å². The maximum atomic E-state index is 11.2. The molecule has 17 heavy (non-hydrogen) atoms. The Morgan fingerprint density at radius 1 is 1.53 bits per heavy atom. The molecule has 2 aromatic heterocycles. The van der Waals surface area contributed by atoms with Crippen molar-refractivity contribution in [3.05, 3.63) is 33.4 Å². The maximum Gasteiger partial charge on any atom is 0.280 e. The van der Waals surface area contributed by atoms with Gasteiger partial charge in [-0.25, -0.2) is 5.10 Å². The number of aromatic amines is 1. The van der Waals surface area contributed by atoms with Gasteiger partial charge in [0.05, 0.1) is 18.1 Å². The van der Waals surface area contributed by atoms with Crippen molar-refractivity contribution in [2.24, 2.45) is 0 Å². The Balaban J connectivity index is 1.82. The Bertz CT molecular complexity index is 523. The normalized spacial score (nSPS) is 10.4. The van der Waals surface area contributed by atoms with Gasteiger partial charge in [-0.15, -0.1) is 5.10 Å².